The molecule has 0 heterocycles. The van der Waals surface area contributed by atoms with E-state index in [-0.39, 0.29) is 31.1 Å². The first-order chi connectivity index (χ1) is 35.5. The van der Waals surface area contributed by atoms with Crippen molar-refractivity contribution in [1.29, 1.82) is 0 Å². The van der Waals surface area contributed by atoms with Crippen LogP contribution in [0.4, 0.5) is 0 Å². The zero-order chi connectivity index (χ0) is 52.2. The Morgan fingerprint density at radius 2 is 0.528 bits per heavy atom. The van der Waals surface area contributed by atoms with Gasteiger partial charge < -0.3 is 14.2 Å². The van der Waals surface area contributed by atoms with Gasteiger partial charge in [-0.2, -0.15) is 0 Å². The molecular weight excluding hydrogens is 889 g/mol. The minimum atomic E-state index is -0.780. The van der Waals surface area contributed by atoms with Crippen LogP contribution in [-0.2, 0) is 28.6 Å². The summed E-state index contributed by atoms with van der Waals surface area (Å²) in [6.07, 6.45) is 74.6. The van der Waals surface area contributed by atoms with Crippen LogP contribution in [-0.4, -0.2) is 37.2 Å². The quantitative estimate of drug-likeness (QED) is 0.0261. The molecule has 0 aliphatic rings. The fourth-order valence-electron chi connectivity index (χ4n) is 9.54. The third-order valence-electron chi connectivity index (χ3n) is 14.3. The van der Waals surface area contributed by atoms with Gasteiger partial charge in [-0.1, -0.05) is 295 Å². The van der Waals surface area contributed by atoms with Gasteiger partial charge in [0.05, 0.1) is 0 Å². The molecule has 422 valence electrons. The average molecular weight is 1010 g/mol. The lowest BCUT2D eigenvalue weighted by molar-refractivity contribution is -0.167. The summed E-state index contributed by atoms with van der Waals surface area (Å²) in [4.78, 5) is 38.1. The standard InChI is InChI=1S/C66H122O6/c1-4-7-10-13-16-19-22-24-26-28-29-30-31-32-33-34-35-36-37-38-39-41-42-44-47-50-53-56-59-65(68)71-62-63(61-70-64(67)58-55-52-49-46-21-18-15-12-9-6-3)72-66(69)60-57-54-51-48-45-43-40-27-25-23-20-17-14-11-8-5-2/h12,15,20,23,27,40,63H,4-11,13-14,16-19,21-22,24-26,28-39,41-62H2,1-3H3/b15-12-,23-20-,40-27-. The molecule has 0 aromatic heterocycles. The van der Waals surface area contributed by atoms with Crippen molar-refractivity contribution >= 4 is 17.9 Å². The summed E-state index contributed by atoms with van der Waals surface area (Å²) >= 11 is 0. The minimum absolute atomic E-state index is 0.0770. The smallest absolute Gasteiger partial charge is 0.306 e. The molecule has 72 heavy (non-hydrogen) atoms. The first-order valence-electron chi connectivity index (χ1n) is 32.0. The molecule has 0 spiro atoms. The van der Waals surface area contributed by atoms with E-state index in [0.29, 0.717) is 19.3 Å². The number of ether oxygens (including phenoxy) is 3. The molecule has 0 fully saturated rings. The molecule has 0 saturated heterocycles. The Kier molecular flexibility index (Phi) is 59.2. The van der Waals surface area contributed by atoms with Gasteiger partial charge in [-0.25, -0.2) is 0 Å². The number of esters is 3. The molecule has 0 bridgehead atoms. The van der Waals surface area contributed by atoms with Crippen molar-refractivity contribution in [3.05, 3.63) is 36.5 Å². The summed E-state index contributed by atoms with van der Waals surface area (Å²) in [5.74, 6) is -0.884. The highest BCUT2D eigenvalue weighted by atomic mass is 16.6. The predicted molar refractivity (Wildman–Crippen MR) is 312 cm³/mol. The molecule has 6 heteroatoms. The minimum Gasteiger partial charge on any atom is -0.462 e. The number of hydrogen-bond acceptors (Lipinski definition) is 6. The molecule has 0 radical (unpaired) electrons. The van der Waals surface area contributed by atoms with E-state index in [1.807, 2.05) is 0 Å². The van der Waals surface area contributed by atoms with E-state index >= 15 is 0 Å². The maximum absolute atomic E-state index is 12.8. The molecule has 0 aliphatic heterocycles. The number of allylic oxidation sites excluding steroid dienone is 6. The summed E-state index contributed by atoms with van der Waals surface area (Å²) in [7, 11) is 0. The number of carbonyl (C=O) groups excluding carboxylic acids is 3. The lowest BCUT2D eigenvalue weighted by Gasteiger charge is -2.18. The highest BCUT2D eigenvalue weighted by molar-refractivity contribution is 5.71. The third kappa shape index (κ3) is 58.5. The van der Waals surface area contributed by atoms with Crippen molar-refractivity contribution in [2.45, 2.75) is 354 Å². The van der Waals surface area contributed by atoms with Crippen LogP contribution in [0, 0.1) is 0 Å². The molecule has 0 aromatic carbocycles. The zero-order valence-corrected chi connectivity index (χ0v) is 48.5. The summed E-state index contributed by atoms with van der Waals surface area (Å²) in [6.45, 7) is 6.59. The molecule has 0 rings (SSSR count). The Morgan fingerprint density at radius 3 is 0.847 bits per heavy atom. The van der Waals surface area contributed by atoms with Gasteiger partial charge in [-0.3, -0.25) is 14.4 Å². The average Bonchev–Trinajstić information content (AvgIpc) is 3.38. The lowest BCUT2D eigenvalue weighted by atomic mass is 10.0. The monoisotopic (exact) mass is 1010 g/mol. The van der Waals surface area contributed by atoms with Crippen molar-refractivity contribution < 1.29 is 28.6 Å². The van der Waals surface area contributed by atoms with E-state index in [1.165, 1.54) is 212 Å². The maximum Gasteiger partial charge on any atom is 0.306 e. The molecule has 1 atom stereocenters. The number of unbranched alkanes of at least 4 members (excludes halogenated alkanes) is 42. The van der Waals surface area contributed by atoms with Gasteiger partial charge in [0.25, 0.3) is 0 Å². The molecule has 1 unspecified atom stereocenters. The molecular formula is C66H122O6. The second-order valence-corrected chi connectivity index (χ2v) is 21.7. The molecule has 0 aromatic rings. The Morgan fingerprint density at radius 1 is 0.278 bits per heavy atom. The Hall–Kier alpha value is -2.37. The van der Waals surface area contributed by atoms with Crippen molar-refractivity contribution in [2.75, 3.05) is 13.2 Å². The predicted octanol–water partition coefficient (Wildman–Crippen LogP) is 21.6. The summed E-state index contributed by atoms with van der Waals surface area (Å²) in [5, 5.41) is 0. The third-order valence-corrected chi connectivity index (χ3v) is 14.3. The first kappa shape index (κ1) is 69.6. The van der Waals surface area contributed by atoms with E-state index in [4.69, 9.17) is 14.2 Å². The maximum atomic E-state index is 12.8. The van der Waals surface area contributed by atoms with Crippen LogP contribution in [0.2, 0.25) is 0 Å². The van der Waals surface area contributed by atoms with Crippen LogP contribution in [0.15, 0.2) is 36.5 Å². The molecule has 0 amide bonds. The summed E-state index contributed by atoms with van der Waals surface area (Å²) < 4.78 is 16.9. The second kappa shape index (κ2) is 61.2. The normalized spacial score (nSPS) is 12.2. The van der Waals surface area contributed by atoms with E-state index in [9.17, 15) is 14.4 Å². The summed E-state index contributed by atoms with van der Waals surface area (Å²) in [6, 6.07) is 0. The van der Waals surface area contributed by atoms with Crippen LogP contribution in [0.5, 0.6) is 0 Å². The topological polar surface area (TPSA) is 78.9 Å². The molecule has 6 nitrogen and oxygen atoms in total. The van der Waals surface area contributed by atoms with Crippen molar-refractivity contribution in [2.24, 2.45) is 0 Å². The number of hydrogen-bond donors (Lipinski definition) is 0. The highest BCUT2D eigenvalue weighted by Gasteiger charge is 2.19. The van der Waals surface area contributed by atoms with Crippen LogP contribution in [0.1, 0.15) is 348 Å². The number of carbonyl (C=O) groups is 3. The van der Waals surface area contributed by atoms with Crippen LogP contribution >= 0.6 is 0 Å². The van der Waals surface area contributed by atoms with Gasteiger partial charge in [0, 0.05) is 19.3 Å². The Balaban J connectivity index is 4.12. The van der Waals surface area contributed by atoms with Gasteiger partial charge in [-0.15, -0.1) is 0 Å². The molecule has 0 saturated carbocycles. The van der Waals surface area contributed by atoms with E-state index in [0.717, 1.165) is 96.3 Å². The SMILES string of the molecule is CCC/C=C\CCCCCCCC(=O)OCC(COC(=O)CCCCCCCCCCCCCCCCCCCCCCCCCCCCCC)OC(=O)CCCCCCC/C=C\C/C=C\CCCCCC. The van der Waals surface area contributed by atoms with Gasteiger partial charge in [0.1, 0.15) is 13.2 Å². The fraction of sp³-hybridized carbons (Fsp3) is 0.864. The fourth-order valence-corrected chi connectivity index (χ4v) is 9.54. The summed E-state index contributed by atoms with van der Waals surface area (Å²) in [5.41, 5.74) is 0. The first-order valence-corrected chi connectivity index (χ1v) is 32.0. The van der Waals surface area contributed by atoms with Crippen LogP contribution in [0.3, 0.4) is 0 Å². The Bertz CT molecular complexity index is 1210. The van der Waals surface area contributed by atoms with E-state index in [1.54, 1.807) is 0 Å². The molecule has 0 aliphatic carbocycles. The van der Waals surface area contributed by atoms with Crippen molar-refractivity contribution in [1.82, 2.24) is 0 Å². The van der Waals surface area contributed by atoms with Crippen molar-refractivity contribution in [3.63, 3.8) is 0 Å². The molecule has 0 N–H and O–H groups in total. The second-order valence-electron chi connectivity index (χ2n) is 21.7. The Labute approximate surface area is 448 Å². The largest absolute Gasteiger partial charge is 0.462 e. The van der Waals surface area contributed by atoms with E-state index < -0.39 is 6.10 Å². The lowest BCUT2D eigenvalue weighted by Crippen LogP contribution is -2.30. The van der Waals surface area contributed by atoms with Gasteiger partial charge in [0.2, 0.25) is 0 Å². The van der Waals surface area contributed by atoms with Crippen LogP contribution < -0.4 is 0 Å². The van der Waals surface area contributed by atoms with Gasteiger partial charge in [-0.05, 0) is 70.6 Å². The van der Waals surface area contributed by atoms with Gasteiger partial charge >= 0.3 is 17.9 Å². The van der Waals surface area contributed by atoms with E-state index in [2.05, 4.69) is 57.2 Å². The van der Waals surface area contributed by atoms with Crippen LogP contribution in [0.25, 0.3) is 0 Å². The van der Waals surface area contributed by atoms with Gasteiger partial charge in [0.15, 0.2) is 6.10 Å². The highest BCUT2D eigenvalue weighted by Crippen LogP contribution is 2.18. The van der Waals surface area contributed by atoms with Crippen molar-refractivity contribution in [3.8, 4) is 0 Å². The zero-order valence-electron chi connectivity index (χ0n) is 48.5. The number of rotatable bonds is 59.